The maximum atomic E-state index is 13.1. The van der Waals surface area contributed by atoms with E-state index >= 15 is 0 Å². The molecule has 2 aromatic rings. The molecule has 130 valence electrons. The van der Waals surface area contributed by atoms with Crippen molar-refractivity contribution in [2.24, 2.45) is 5.92 Å². The minimum atomic E-state index is -0.267. The molecule has 24 heavy (non-hydrogen) atoms. The van der Waals surface area contributed by atoms with Gasteiger partial charge in [0.15, 0.2) is 0 Å². The number of nitrogens with zero attached hydrogens (tertiary/aromatic N) is 1. The van der Waals surface area contributed by atoms with Gasteiger partial charge in [-0.1, -0.05) is 38.8 Å². The Kier molecular flexibility index (Phi) is 7.04. The first-order chi connectivity index (χ1) is 11.6. The molecule has 1 aromatic carbocycles. The van der Waals surface area contributed by atoms with Gasteiger partial charge in [-0.3, -0.25) is 4.79 Å². The second kappa shape index (κ2) is 9.26. The van der Waals surface area contributed by atoms with Crippen LogP contribution in [0.4, 0.5) is 4.39 Å². The van der Waals surface area contributed by atoms with Crippen LogP contribution in [0, 0.1) is 11.7 Å². The van der Waals surface area contributed by atoms with E-state index in [4.69, 9.17) is 4.42 Å². The van der Waals surface area contributed by atoms with Crippen molar-refractivity contribution in [2.75, 3.05) is 0 Å². The molecule has 3 nitrogen and oxygen atoms in total. The number of rotatable bonds is 9. The summed E-state index contributed by atoms with van der Waals surface area (Å²) in [6.45, 7) is 5.09. The lowest BCUT2D eigenvalue weighted by atomic mass is 9.97. The van der Waals surface area contributed by atoms with Crippen molar-refractivity contribution < 1.29 is 13.6 Å². The molecular weight excluding hydrogens is 305 g/mol. The highest BCUT2D eigenvalue weighted by atomic mass is 19.1. The van der Waals surface area contributed by atoms with Crippen LogP contribution >= 0.6 is 0 Å². The van der Waals surface area contributed by atoms with Gasteiger partial charge in [-0.25, -0.2) is 4.39 Å². The van der Waals surface area contributed by atoms with Gasteiger partial charge in [-0.2, -0.15) is 0 Å². The molecule has 0 radical (unpaired) electrons. The summed E-state index contributed by atoms with van der Waals surface area (Å²) < 4.78 is 18.5. The zero-order chi connectivity index (χ0) is 17.4. The van der Waals surface area contributed by atoms with Gasteiger partial charge in [-0.05, 0) is 42.7 Å². The van der Waals surface area contributed by atoms with E-state index in [0.717, 1.165) is 37.0 Å². The topological polar surface area (TPSA) is 33.5 Å². The van der Waals surface area contributed by atoms with Gasteiger partial charge in [0.05, 0.1) is 12.8 Å². The molecule has 1 atom stereocenters. The summed E-state index contributed by atoms with van der Waals surface area (Å²) in [7, 11) is 0. The number of carbonyl (C=O) groups excluding carboxylic acids is 1. The highest BCUT2D eigenvalue weighted by molar-refractivity contribution is 5.78. The number of unbranched alkanes of at least 4 members (excludes halogenated alkanes) is 1. The summed E-state index contributed by atoms with van der Waals surface area (Å²) in [5, 5.41) is 0. The third-order valence-electron chi connectivity index (χ3n) is 4.27. The average Bonchev–Trinajstić information content (AvgIpc) is 3.10. The number of amides is 1. The maximum Gasteiger partial charge on any atom is 0.226 e. The number of hydrogen-bond donors (Lipinski definition) is 0. The predicted octanol–water partition coefficient (Wildman–Crippen LogP) is 5.16. The lowest BCUT2D eigenvalue weighted by Gasteiger charge is -2.26. The summed E-state index contributed by atoms with van der Waals surface area (Å²) >= 11 is 0. The van der Waals surface area contributed by atoms with E-state index in [1.54, 1.807) is 18.4 Å². The Balaban J connectivity index is 2.14. The van der Waals surface area contributed by atoms with E-state index in [1.807, 2.05) is 17.0 Å². The molecule has 0 bridgehead atoms. The van der Waals surface area contributed by atoms with Crippen LogP contribution in [0.3, 0.4) is 0 Å². The van der Waals surface area contributed by atoms with Crippen molar-refractivity contribution in [1.29, 1.82) is 0 Å². The molecule has 0 saturated heterocycles. The van der Waals surface area contributed by atoms with Crippen LogP contribution in [-0.2, 0) is 17.9 Å². The largest absolute Gasteiger partial charge is 0.467 e. The monoisotopic (exact) mass is 331 g/mol. The molecule has 0 aliphatic rings. The van der Waals surface area contributed by atoms with Gasteiger partial charge < -0.3 is 9.32 Å². The van der Waals surface area contributed by atoms with Crippen LogP contribution in [0.1, 0.15) is 50.9 Å². The fourth-order valence-electron chi connectivity index (χ4n) is 2.82. The fraction of sp³-hybridized carbons (Fsp3) is 0.450. The van der Waals surface area contributed by atoms with Gasteiger partial charge in [0.25, 0.3) is 0 Å². The predicted molar refractivity (Wildman–Crippen MR) is 92.7 cm³/mol. The summed E-state index contributed by atoms with van der Waals surface area (Å²) in [5.74, 6) is 0.667. The van der Waals surface area contributed by atoms with Crippen molar-refractivity contribution in [3.05, 3.63) is 59.8 Å². The summed E-state index contributed by atoms with van der Waals surface area (Å²) in [4.78, 5) is 14.8. The molecule has 0 N–H and O–H groups in total. The maximum absolute atomic E-state index is 13.1. The summed E-state index contributed by atoms with van der Waals surface area (Å²) in [5.41, 5.74) is 0.918. The Labute approximate surface area is 143 Å². The quantitative estimate of drug-likeness (QED) is 0.635. The highest BCUT2D eigenvalue weighted by Crippen LogP contribution is 2.20. The molecular formula is C20H26FNO2. The van der Waals surface area contributed by atoms with Crippen molar-refractivity contribution in [3.63, 3.8) is 0 Å². The first-order valence-electron chi connectivity index (χ1n) is 8.69. The van der Waals surface area contributed by atoms with Gasteiger partial charge in [0, 0.05) is 12.5 Å². The van der Waals surface area contributed by atoms with Gasteiger partial charge in [0.2, 0.25) is 5.91 Å². The lowest BCUT2D eigenvalue weighted by Crippen LogP contribution is -2.35. The second-order valence-corrected chi connectivity index (χ2v) is 6.15. The Morgan fingerprint density at radius 2 is 1.92 bits per heavy atom. The zero-order valence-electron chi connectivity index (χ0n) is 14.5. The Hall–Kier alpha value is -2.10. The molecule has 0 spiro atoms. The van der Waals surface area contributed by atoms with Crippen LogP contribution in [0.15, 0.2) is 47.1 Å². The number of halogens is 1. The molecule has 0 aliphatic carbocycles. The lowest BCUT2D eigenvalue weighted by molar-refractivity contribution is -0.137. The fourth-order valence-corrected chi connectivity index (χ4v) is 2.82. The van der Waals surface area contributed by atoms with Crippen molar-refractivity contribution in [2.45, 2.75) is 52.6 Å². The van der Waals surface area contributed by atoms with Crippen molar-refractivity contribution in [3.8, 4) is 0 Å². The Morgan fingerprint density at radius 3 is 2.50 bits per heavy atom. The molecule has 1 unspecified atom stereocenters. The van der Waals surface area contributed by atoms with Crippen LogP contribution in [-0.4, -0.2) is 10.8 Å². The minimum Gasteiger partial charge on any atom is -0.467 e. The molecule has 1 amide bonds. The molecule has 1 heterocycles. The number of carbonyl (C=O) groups is 1. The normalized spacial score (nSPS) is 12.1. The first kappa shape index (κ1) is 18.2. The van der Waals surface area contributed by atoms with Crippen molar-refractivity contribution >= 4 is 5.91 Å². The molecule has 2 rings (SSSR count). The average molecular weight is 331 g/mol. The smallest absolute Gasteiger partial charge is 0.226 e. The third kappa shape index (κ3) is 5.22. The van der Waals surface area contributed by atoms with Gasteiger partial charge in [0.1, 0.15) is 11.6 Å². The van der Waals surface area contributed by atoms with E-state index in [9.17, 15) is 9.18 Å². The van der Waals surface area contributed by atoms with Gasteiger partial charge in [-0.15, -0.1) is 0 Å². The molecule has 0 fully saturated rings. The Bertz CT molecular complexity index is 607. The third-order valence-corrected chi connectivity index (χ3v) is 4.27. The van der Waals surface area contributed by atoms with E-state index in [2.05, 4.69) is 13.8 Å². The zero-order valence-corrected chi connectivity index (χ0v) is 14.5. The second-order valence-electron chi connectivity index (χ2n) is 6.15. The van der Waals surface area contributed by atoms with Crippen LogP contribution < -0.4 is 0 Å². The molecule has 4 heteroatoms. The molecule has 1 aromatic heterocycles. The first-order valence-corrected chi connectivity index (χ1v) is 8.69. The van der Waals surface area contributed by atoms with E-state index in [0.29, 0.717) is 13.1 Å². The summed E-state index contributed by atoms with van der Waals surface area (Å²) in [6.07, 6.45) is 5.49. The van der Waals surface area contributed by atoms with E-state index in [1.165, 1.54) is 12.1 Å². The standard InChI is InChI=1S/C20H26FNO2/c1-3-5-7-17(4-2)20(23)22(15-19-8-6-13-24-19)14-16-9-11-18(21)12-10-16/h6,8-13,17H,3-5,7,14-15H2,1-2H3. The van der Waals surface area contributed by atoms with Crippen LogP contribution in [0.25, 0.3) is 0 Å². The van der Waals surface area contributed by atoms with Gasteiger partial charge >= 0.3 is 0 Å². The Morgan fingerprint density at radius 1 is 1.17 bits per heavy atom. The molecule has 0 aliphatic heterocycles. The SMILES string of the molecule is CCCCC(CC)C(=O)N(Cc1ccc(F)cc1)Cc1ccco1. The van der Waals surface area contributed by atoms with E-state index in [-0.39, 0.29) is 17.6 Å². The number of furan rings is 1. The molecule has 0 saturated carbocycles. The number of benzene rings is 1. The highest BCUT2D eigenvalue weighted by Gasteiger charge is 2.23. The summed E-state index contributed by atoms with van der Waals surface area (Å²) in [6, 6.07) is 10.0. The van der Waals surface area contributed by atoms with Crippen LogP contribution in [0.2, 0.25) is 0 Å². The van der Waals surface area contributed by atoms with E-state index < -0.39 is 0 Å². The van der Waals surface area contributed by atoms with Crippen LogP contribution in [0.5, 0.6) is 0 Å². The van der Waals surface area contributed by atoms with Crippen molar-refractivity contribution in [1.82, 2.24) is 4.90 Å². The number of hydrogen-bond acceptors (Lipinski definition) is 2. The minimum absolute atomic E-state index is 0.0281.